The van der Waals surface area contributed by atoms with Gasteiger partial charge in [-0.15, -0.1) is 0 Å². The largest absolute Gasteiger partial charge is 0.488 e. The molecule has 0 bridgehead atoms. The van der Waals surface area contributed by atoms with Gasteiger partial charge in [0.05, 0.1) is 0 Å². The number of ether oxygens (including phenoxy) is 1. The molecule has 0 atom stereocenters. The molecule has 0 saturated heterocycles. The van der Waals surface area contributed by atoms with Crippen LogP contribution in [0, 0.1) is 6.92 Å². The lowest BCUT2D eigenvalue weighted by Gasteiger charge is -2.15. The van der Waals surface area contributed by atoms with Crippen molar-refractivity contribution in [2.45, 2.75) is 20.0 Å². The van der Waals surface area contributed by atoms with E-state index in [4.69, 9.17) is 10.5 Å². The van der Waals surface area contributed by atoms with Crippen LogP contribution < -0.4 is 10.5 Å². The van der Waals surface area contributed by atoms with Crippen LogP contribution in [0.3, 0.4) is 0 Å². The number of rotatable bonds is 5. The molecule has 0 spiro atoms. The molecule has 2 aromatic rings. The zero-order valence-corrected chi connectivity index (χ0v) is 14.5. The molecule has 0 aliphatic heterocycles. The van der Waals surface area contributed by atoms with Crippen LogP contribution in [0.2, 0.25) is 0 Å². The fourth-order valence-electron chi connectivity index (χ4n) is 2.11. The summed E-state index contributed by atoms with van der Waals surface area (Å²) in [6, 6.07) is 12.2. The van der Waals surface area contributed by atoms with Crippen LogP contribution in [-0.2, 0) is 13.0 Å². The van der Waals surface area contributed by atoms with Gasteiger partial charge in [-0.05, 0) is 49.2 Å². The van der Waals surface area contributed by atoms with E-state index in [0.29, 0.717) is 13.2 Å². The molecule has 0 unspecified atom stereocenters. The minimum Gasteiger partial charge on any atom is -0.488 e. The average molecular weight is 399 g/mol. The van der Waals surface area contributed by atoms with Gasteiger partial charge in [-0.1, -0.05) is 50.1 Å². The zero-order chi connectivity index (χ0) is 14.5. The predicted octanol–water partition coefficient (Wildman–Crippen LogP) is 4.60. The molecule has 0 fully saturated rings. The van der Waals surface area contributed by atoms with Gasteiger partial charge in [-0.3, -0.25) is 0 Å². The molecule has 0 heterocycles. The summed E-state index contributed by atoms with van der Waals surface area (Å²) in [6.45, 7) is 3.21. The Balaban J connectivity index is 2.22. The van der Waals surface area contributed by atoms with Crippen molar-refractivity contribution in [3.05, 3.63) is 62.0 Å². The lowest BCUT2D eigenvalue weighted by Crippen LogP contribution is -2.07. The number of halogens is 2. The predicted molar refractivity (Wildman–Crippen MR) is 90.1 cm³/mol. The number of benzene rings is 2. The van der Waals surface area contributed by atoms with Gasteiger partial charge in [0.1, 0.15) is 12.4 Å². The average Bonchev–Trinajstić information content (AvgIpc) is 2.40. The number of hydrogen-bond donors (Lipinski definition) is 1. The number of hydrogen-bond acceptors (Lipinski definition) is 2. The Labute approximate surface area is 136 Å². The number of nitrogens with two attached hydrogens (primary N) is 1. The van der Waals surface area contributed by atoms with E-state index < -0.39 is 0 Å². The van der Waals surface area contributed by atoms with Crippen molar-refractivity contribution in [1.82, 2.24) is 0 Å². The van der Waals surface area contributed by atoms with Crippen LogP contribution in [0.5, 0.6) is 5.75 Å². The van der Waals surface area contributed by atoms with E-state index >= 15 is 0 Å². The Morgan fingerprint density at radius 3 is 2.55 bits per heavy atom. The van der Waals surface area contributed by atoms with Crippen LogP contribution in [0.1, 0.15) is 16.7 Å². The molecular weight excluding hydrogens is 382 g/mol. The quantitative estimate of drug-likeness (QED) is 0.798. The monoisotopic (exact) mass is 397 g/mol. The van der Waals surface area contributed by atoms with Crippen molar-refractivity contribution in [3.8, 4) is 5.75 Å². The van der Waals surface area contributed by atoms with Crippen LogP contribution in [0.25, 0.3) is 0 Å². The smallest absolute Gasteiger partial charge is 0.126 e. The third kappa shape index (κ3) is 3.84. The first-order valence-corrected chi connectivity index (χ1v) is 8.05. The first-order chi connectivity index (χ1) is 9.61. The zero-order valence-electron chi connectivity index (χ0n) is 11.3. The van der Waals surface area contributed by atoms with E-state index in [-0.39, 0.29) is 0 Å². The van der Waals surface area contributed by atoms with Gasteiger partial charge in [0.15, 0.2) is 0 Å². The fourth-order valence-corrected chi connectivity index (χ4v) is 3.13. The summed E-state index contributed by atoms with van der Waals surface area (Å²) in [7, 11) is 0. The Bertz CT molecular complexity index is 599. The van der Waals surface area contributed by atoms with Gasteiger partial charge >= 0.3 is 0 Å². The highest BCUT2D eigenvalue weighted by Gasteiger charge is 2.09. The molecule has 2 aromatic carbocycles. The van der Waals surface area contributed by atoms with Crippen LogP contribution >= 0.6 is 31.9 Å². The lowest BCUT2D eigenvalue weighted by molar-refractivity contribution is 0.300. The van der Waals surface area contributed by atoms with E-state index in [9.17, 15) is 0 Å². The Kier molecular flexibility index (Phi) is 5.64. The van der Waals surface area contributed by atoms with E-state index in [0.717, 1.165) is 37.8 Å². The van der Waals surface area contributed by atoms with Crippen molar-refractivity contribution in [1.29, 1.82) is 0 Å². The summed E-state index contributed by atoms with van der Waals surface area (Å²) in [5, 5.41) is 0. The molecular formula is C16H17Br2NO. The van der Waals surface area contributed by atoms with Crippen LogP contribution in [-0.4, -0.2) is 6.54 Å². The third-order valence-corrected chi connectivity index (χ3v) is 4.29. The molecule has 2 N–H and O–H groups in total. The van der Waals surface area contributed by atoms with E-state index in [1.165, 1.54) is 0 Å². The third-order valence-electron chi connectivity index (χ3n) is 3.06. The molecule has 0 aliphatic rings. The maximum Gasteiger partial charge on any atom is 0.126 e. The molecule has 2 rings (SSSR count). The molecule has 0 amide bonds. The van der Waals surface area contributed by atoms with Crippen molar-refractivity contribution < 1.29 is 4.74 Å². The van der Waals surface area contributed by atoms with E-state index in [2.05, 4.69) is 57.0 Å². The van der Waals surface area contributed by atoms with Gasteiger partial charge in [-0.25, -0.2) is 0 Å². The number of aryl methyl sites for hydroxylation is 1. The maximum absolute atomic E-state index is 6.04. The Morgan fingerprint density at radius 1 is 1.10 bits per heavy atom. The molecule has 2 nitrogen and oxygen atoms in total. The first kappa shape index (κ1) is 15.5. The Hall–Kier alpha value is -0.840. The molecule has 0 radical (unpaired) electrons. The highest BCUT2D eigenvalue weighted by molar-refractivity contribution is 9.10. The lowest BCUT2D eigenvalue weighted by atomic mass is 10.1. The standard InChI is InChI=1S/C16H17Br2NO/c1-11-8-14(17)9-12(6-7-19)16(11)20-10-13-4-2-3-5-15(13)18/h2-5,8-9H,6-7,10,19H2,1H3. The maximum atomic E-state index is 6.04. The first-order valence-electron chi connectivity index (χ1n) is 6.47. The molecule has 0 aromatic heterocycles. The van der Waals surface area contributed by atoms with Gasteiger partial charge < -0.3 is 10.5 Å². The molecule has 106 valence electrons. The molecule has 4 heteroatoms. The second-order valence-corrected chi connectivity index (χ2v) is 6.40. The topological polar surface area (TPSA) is 35.2 Å². The van der Waals surface area contributed by atoms with Crippen LogP contribution in [0.15, 0.2) is 45.3 Å². The molecule has 20 heavy (non-hydrogen) atoms. The van der Waals surface area contributed by atoms with E-state index in [1.54, 1.807) is 0 Å². The van der Waals surface area contributed by atoms with Crippen molar-refractivity contribution in [2.24, 2.45) is 5.73 Å². The highest BCUT2D eigenvalue weighted by atomic mass is 79.9. The second kappa shape index (κ2) is 7.25. The molecule has 0 aliphatic carbocycles. The summed E-state index contributed by atoms with van der Waals surface area (Å²) in [4.78, 5) is 0. The normalized spacial score (nSPS) is 10.6. The second-order valence-electron chi connectivity index (χ2n) is 4.63. The summed E-state index contributed by atoms with van der Waals surface area (Å²) in [5.41, 5.74) is 9.08. The van der Waals surface area contributed by atoms with Crippen LogP contribution in [0.4, 0.5) is 0 Å². The fraction of sp³-hybridized carbons (Fsp3) is 0.250. The van der Waals surface area contributed by atoms with Crippen molar-refractivity contribution >= 4 is 31.9 Å². The van der Waals surface area contributed by atoms with Crippen molar-refractivity contribution in [3.63, 3.8) is 0 Å². The van der Waals surface area contributed by atoms with Gasteiger partial charge in [0, 0.05) is 14.5 Å². The minimum atomic E-state index is 0.543. The highest BCUT2D eigenvalue weighted by Crippen LogP contribution is 2.29. The molecule has 0 saturated carbocycles. The Morgan fingerprint density at radius 2 is 1.85 bits per heavy atom. The van der Waals surface area contributed by atoms with Gasteiger partial charge in [0.25, 0.3) is 0 Å². The van der Waals surface area contributed by atoms with E-state index in [1.807, 2.05) is 18.2 Å². The van der Waals surface area contributed by atoms with Gasteiger partial charge in [-0.2, -0.15) is 0 Å². The summed E-state index contributed by atoms with van der Waals surface area (Å²) < 4.78 is 8.16. The summed E-state index contributed by atoms with van der Waals surface area (Å²) >= 11 is 7.06. The summed E-state index contributed by atoms with van der Waals surface area (Å²) in [6.07, 6.45) is 0.811. The van der Waals surface area contributed by atoms with Gasteiger partial charge in [0.2, 0.25) is 0 Å². The van der Waals surface area contributed by atoms with Crippen molar-refractivity contribution in [2.75, 3.05) is 6.54 Å². The SMILES string of the molecule is Cc1cc(Br)cc(CCN)c1OCc1ccccc1Br. The minimum absolute atomic E-state index is 0.543. The summed E-state index contributed by atoms with van der Waals surface area (Å²) in [5.74, 6) is 0.939.